The third kappa shape index (κ3) is 2.37. The molecule has 0 spiro atoms. The quantitative estimate of drug-likeness (QED) is 0.784. The van der Waals surface area contributed by atoms with E-state index in [1.54, 1.807) is 18.3 Å². The number of hydrogen-bond acceptors (Lipinski definition) is 2. The van der Waals surface area contributed by atoms with Gasteiger partial charge in [-0.25, -0.2) is 9.37 Å². The van der Waals surface area contributed by atoms with Crippen LogP contribution in [0.15, 0.2) is 42.6 Å². The van der Waals surface area contributed by atoms with Crippen molar-refractivity contribution in [1.29, 1.82) is 0 Å². The van der Waals surface area contributed by atoms with Crippen LogP contribution in [-0.4, -0.2) is 4.98 Å². The van der Waals surface area contributed by atoms with Crippen LogP contribution in [-0.2, 0) is 6.42 Å². The highest BCUT2D eigenvalue weighted by Gasteiger charge is 2.04. The molecule has 0 aliphatic heterocycles. The van der Waals surface area contributed by atoms with Crippen LogP contribution in [0.2, 0.25) is 0 Å². The van der Waals surface area contributed by atoms with Crippen LogP contribution in [0.3, 0.4) is 0 Å². The minimum Gasteiger partial charge on any atom is -0.439 e. The SMILES string of the molecule is CCc1cccnc1Oc1cccc(F)c1. The maximum atomic E-state index is 13.0. The molecule has 0 N–H and O–H groups in total. The molecule has 0 amide bonds. The highest BCUT2D eigenvalue weighted by molar-refractivity contribution is 5.32. The molecule has 1 aromatic heterocycles. The van der Waals surface area contributed by atoms with E-state index in [-0.39, 0.29) is 5.82 Å². The summed E-state index contributed by atoms with van der Waals surface area (Å²) in [6.07, 6.45) is 2.49. The first-order valence-electron chi connectivity index (χ1n) is 5.17. The average molecular weight is 217 g/mol. The van der Waals surface area contributed by atoms with Gasteiger partial charge in [0.05, 0.1) is 0 Å². The van der Waals surface area contributed by atoms with Gasteiger partial charge >= 0.3 is 0 Å². The summed E-state index contributed by atoms with van der Waals surface area (Å²) in [5.41, 5.74) is 1.01. The molecular formula is C13H12FNO. The van der Waals surface area contributed by atoms with Crippen molar-refractivity contribution in [2.75, 3.05) is 0 Å². The van der Waals surface area contributed by atoms with E-state index in [1.165, 1.54) is 12.1 Å². The number of pyridine rings is 1. The van der Waals surface area contributed by atoms with E-state index in [0.29, 0.717) is 11.6 Å². The van der Waals surface area contributed by atoms with Gasteiger partial charge in [0, 0.05) is 17.8 Å². The number of aryl methyl sites for hydroxylation is 1. The molecule has 82 valence electrons. The highest BCUT2D eigenvalue weighted by atomic mass is 19.1. The number of halogens is 1. The number of benzene rings is 1. The van der Waals surface area contributed by atoms with Crippen LogP contribution >= 0.6 is 0 Å². The van der Waals surface area contributed by atoms with Gasteiger partial charge < -0.3 is 4.74 Å². The molecule has 3 heteroatoms. The Morgan fingerprint density at radius 1 is 1.25 bits per heavy atom. The molecule has 0 atom stereocenters. The van der Waals surface area contributed by atoms with Crippen LogP contribution in [0.4, 0.5) is 4.39 Å². The maximum absolute atomic E-state index is 13.0. The Bertz CT molecular complexity index is 485. The van der Waals surface area contributed by atoms with Gasteiger partial charge in [0.15, 0.2) is 0 Å². The zero-order chi connectivity index (χ0) is 11.4. The Balaban J connectivity index is 2.26. The molecular weight excluding hydrogens is 205 g/mol. The Labute approximate surface area is 93.7 Å². The first kappa shape index (κ1) is 10.6. The zero-order valence-electron chi connectivity index (χ0n) is 8.98. The lowest BCUT2D eigenvalue weighted by atomic mass is 10.2. The van der Waals surface area contributed by atoms with E-state index in [0.717, 1.165) is 12.0 Å². The molecule has 0 bridgehead atoms. The minimum atomic E-state index is -0.313. The average Bonchev–Trinajstić information content (AvgIpc) is 2.30. The maximum Gasteiger partial charge on any atom is 0.222 e. The summed E-state index contributed by atoms with van der Waals surface area (Å²) in [7, 11) is 0. The Morgan fingerprint density at radius 3 is 2.88 bits per heavy atom. The Morgan fingerprint density at radius 2 is 2.12 bits per heavy atom. The summed E-state index contributed by atoms with van der Waals surface area (Å²) in [5.74, 6) is 0.690. The molecule has 1 aromatic carbocycles. The fourth-order valence-electron chi connectivity index (χ4n) is 1.43. The van der Waals surface area contributed by atoms with Crippen LogP contribution in [0, 0.1) is 5.82 Å². The van der Waals surface area contributed by atoms with Crippen molar-refractivity contribution >= 4 is 0 Å². The fraction of sp³-hybridized carbons (Fsp3) is 0.154. The zero-order valence-corrected chi connectivity index (χ0v) is 8.98. The molecule has 2 nitrogen and oxygen atoms in total. The molecule has 0 saturated carbocycles. The summed E-state index contributed by atoms with van der Waals surface area (Å²) in [5, 5.41) is 0. The van der Waals surface area contributed by atoms with Crippen molar-refractivity contribution in [3.8, 4) is 11.6 Å². The van der Waals surface area contributed by atoms with Crippen molar-refractivity contribution in [2.24, 2.45) is 0 Å². The highest BCUT2D eigenvalue weighted by Crippen LogP contribution is 2.23. The number of aromatic nitrogens is 1. The molecule has 0 radical (unpaired) electrons. The van der Waals surface area contributed by atoms with E-state index in [2.05, 4.69) is 4.98 Å². The molecule has 0 fully saturated rings. The van der Waals surface area contributed by atoms with E-state index in [1.807, 2.05) is 19.1 Å². The molecule has 16 heavy (non-hydrogen) atoms. The second-order valence-corrected chi connectivity index (χ2v) is 3.38. The topological polar surface area (TPSA) is 22.1 Å². The van der Waals surface area contributed by atoms with E-state index >= 15 is 0 Å². The molecule has 0 aliphatic rings. The number of rotatable bonds is 3. The standard InChI is InChI=1S/C13H12FNO/c1-2-10-5-4-8-15-13(10)16-12-7-3-6-11(14)9-12/h3-9H,2H2,1H3. The third-order valence-corrected chi connectivity index (χ3v) is 2.24. The summed E-state index contributed by atoms with van der Waals surface area (Å²) >= 11 is 0. The minimum absolute atomic E-state index is 0.313. The van der Waals surface area contributed by atoms with Crippen molar-refractivity contribution < 1.29 is 9.13 Å². The third-order valence-electron chi connectivity index (χ3n) is 2.24. The Kier molecular flexibility index (Phi) is 3.15. The second-order valence-electron chi connectivity index (χ2n) is 3.38. The van der Waals surface area contributed by atoms with Crippen LogP contribution in [0.1, 0.15) is 12.5 Å². The number of ether oxygens (including phenoxy) is 1. The van der Waals surface area contributed by atoms with Gasteiger partial charge in [0.2, 0.25) is 5.88 Å². The summed E-state index contributed by atoms with van der Waals surface area (Å²) in [6, 6.07) is 9.84. The first-order chi connectivity index (χ1) is 7.79. The lowest BCUT2D eigenvalue weighted by molar-refractivity contribution is 0.452. The first-order valence-corrected chi connectivity index (χ1v) is 5.17. The predicted octanol–water partition coefficient (Wildman–Crippen LogP) is 3.58. The molecule has 2 rings (SSSR count). The molecule has 1 heterocycles. The van der Waals surface area contributed by atoms with Gasteiger partial charge in [-0.3, -0.25) is 0 Å². The smallest absolute Gasteiger partial charge is 0.222 e. The predicted molar refractivity (Wildman–Crippen MR) is 60.1 cm³/mol. The van der Waals surface area contributed by atoms with Crippen LogP contribution < -0.4 is 4.74 Å². The van der Waals surface area contributed by atoms with E-state index in [9.17, 15) is 4.39 Å². The molecule has 2 aromatic rings. The summed E-state index contributed by atoms with van der Waals surface area (Å²) in [6.45, 7) is 2.02. The summed E-state index contributed by atoms with van der Waals surface area (Å²) < 4.78 is 18.5. The molecule has 0 aliphatic carbocycles. The largest absolute Gasteiger partial charge is 0.439 e. The lowest BCUT2D eigenvalue weighted by Crippen LogP contribution is -1.93. The lowest BCUT2D eigenvalue weighted by Gasteiger charge is -2.08. The summed E-state index contributed by atoms with van der Waals surface area (Å²) in [4.78, 5) is 4.13. The van der Waals surface area contributed by atoms with Crippen molar-refractivity contribution in [2.45, 2.75) is 13.3 Å². The fourth-order valence-corrected chi connectivity index (χ4v) is 1.43. The van der Waals surface area contributed by atoms with Crippen LogP contribution in [0.25, 0.3) is 0 Å². The van der Waals surface area contributed by atoms with Crippen molar-refractivity contribution in [3.05, 3.63) is 54.0 Å². The van der Waals surface area contributed by atoms with Gasteiger partial charge in [-0.15, -0.1) is 0 Å². The van der Waals surface area contributed by atoms with E-state index in [4.69, 9.17) is 4.74 Å². The van der Waals surface area contributed by atoms with Gasteiger partial charge in [-0.2, -0.15) is 0 Å². The van der Waals surface area contributed by atoms with Crippen molar-refractivity contribution in [1.82, 2.24) is 4.98 Å². The Hall–Kier alpha value is -1.90. The monoisotopic (exact) mass is 217 g/mol. The number of hydrogen-bond donors (Lipinski definition) is 0. The molecule has 0 unspecified atom stereocenters. The second kappa shape index (κ2) is 4.75. The van der Waals surface area contributed by atoms with Gasteiger partial charge in [-0.05, 0) is 24.6 Å². The van der Waals surface area contributed by atoms with Crippen molar-refractivity contribution in [3.63, 3.8) is 0 Å². The number of nitrogens with zero attached hydrogens (tertiary/aromatic N) is 1. The van der Waals surface area contributed by atoms with Crippen LogP contribution in [0.5, 0.6) is 11.6 Å². The van der Waals surface area contributed by atoms with E-state index < -0.39 is 0 Å². The normalized spacial score (nSPS) is 10.1. The van der Waals surface area contributed by atoms with Gasteiger partial charge in [0.25, 0.3) is 0 Å². The van der Waals surface area contributed by atoms with Gasteiger partial charge in [-0.1, -0.05) is 19.1 Å². The molecule has 0 saturated heterocycles. The van der Waals surface area contributed by atoms with Gasteiger partial charge in [0.1, 0.15) is 11.6 Å².